The molecule has 2 amide bonds. The number of thioether (sulfide) groups is 2. The maximum atomic E-state index is 13.0. The fraction of sp³-hybridized carbons (Fsp3) is 0.381. The van der Waals surface area contributed by atoms with Crippen LogP contribution in [-0.4, -0.2) is 90.6 Å². The lowest BCUT2D eigenvalue weighted by molar-refractivity contribution is -0.150. The molecule has 0 bridgehead atoms. The first-order valence-electron chi connectivity index (χ1n) is 11.2. The van der Waals surface area contributed by atoms with Gasteiger partial charge in [0.25, 0.3) is 11.8 Å². The van der Waals surface area contributed by atoms with E-state index >= 15 is 0 Å². The van der Waals surface area contributed by atoms with E-state index in [1.807, 2.05) is 0 Å². The second kappa shape index (κ2) is 11.5. The number of aliphatic carboxylic acids is 1. The van der Waals surface area contributed by atoms with Crippen LogP contribution in [0.5, 0.6) is 0 Å². The number of aromatic nitrogens is 3. The second-order valence-electron chi connectivity index (χ2n) is 8.01. The Hall–Kier alpha value is -3.77. The largest absolute Gasteiger partial charge is 0.477 e. The molecule has 6 N–H and O–H groups in total. The summed E-state index contributed by atoms with van der Waals surface area (Å²) in [5.74, 6) is -2.74. The zero-order valence-electron chi connectivity index (χ0n) is 20.9. The number of β-lactam (4-membered cyclic amide) rings is 1. The Labute approximate surface area is 234 Å². The van der Waals surface area contributed by atoms with Crippen LogP contribution in [0.15, 0.2) is 27.0 Å². The van der Waals surface area contributed by atoms with Gasteiger partial charge < -0.3 is 36.0 Å². The number of nitrogens with one attached hydrogen (secondary N) is 1. The number of carboxylic acid groups (broad SMARTS) is 1. The topological polar surface area (TPSA) is 217 Å². The Kier molecular flexibility index (Phi) is 8.36. The highest BCUT2D eigenvalue weighted by atomic mass is 32.2. The number of nitrogens with two attached hydrogens (primary N) is 2. The Balaban J connectivity index is 1.49. The molecular weight excluding hydrogens is 572 g/mol. The third-order valence-electron chi connectivity index (χ3n) is 5.62. The van der Waals surface area contributed by atoms with E-state index in [0.29, 0.717) is 10.7 Å². The first kappa shape index (κ1) is 28.2. The van der Waals surface area contributed by atoms with Crippen LogP contribution in [0, 0.1) is 0 Å². The van der Waals surface area contributed by atoms with E-state index in [1.54, 1.807) is 14.0 Å². The summed E-state index contributed by atoms with van der Waals surface area (Å²) in [7, 11) is 2.86. The fourth-order valence-corrected chi connectivity index (χ4v) is 6.93. The zero-order chi connectivity index (χ0) is 28.4. The number of carbonyl (C=O) groups excluding carboxylic acids is 3. The molecule has 15 nitrogen and oxygen atoms in total. The maximum absolute atomic E-state index is 13.0. The predicted octanol–water partition coefficient (Wildman–Crippen LogP) is 0.0991. The van der Waals surface area contributed by atoms with Gasteiger partial charge in [-0.25, -0.2) is 19.6 Å². The van der Waals surface area contributed by atoms with Gasteiger partial charge in [0, 0.05) is 23.9 Å². The van der Waals surface area contributed by atoms with Crippen LogP contribution in [0.25, 0.3) is 0 Å². The van der Waals surface area contributed by atoms with Crippen molar-refractivity contribution in [3.63, 3.8) is 0 Å². The summed E-state index contributed by atoms with van der Waals surface area (Å²) in [4.78, 5) is 64.4. The van der Waals surface area contributed by atoms with Crippen molar-refractivity contribution in [3.8, 4) is 0 Å². The highest BCUT2D eigenvalue weighted by Gasteiger charge is 2.54. The second-order valence-corrected chi connectivity index (χ2v) is 10.9. The van der Waals surface area contributed by atoms with Gasteiger partial charge in [0.05, 0.1) is 6.61 Å². The van der Waals surface area contributed by atoms with Crippen LogP contribution >= 0.6 is 34.9 Å². The molecule has 4 heterocycles. The van der Waals surface area contributed by atoms with Crippen LogP contribution in [-0.2, 0) is 31.0 Å². The van der Waals surface area contributed by atoms with Gasteiger partial charge in [-0.15, -0.1) is 23.1 Å². The van der Waals surface area contributed by atoms with Gasteiger partial charge in [-0.05, 0) is 12.5 Å². The lowest BCUT2D eigenvalue weighted by Crippen LogP contribution is -2.71. The van der Waals surface area contributed by atoms with E-state index in [9.17, 15) is 24.3 Å². The predicted molar refractivity (Wildman–Crippen MR) is 144 cm³/mol. The molecule has 2 atom stereocenters. The Morgan fingerprint density at radius 2 is 2.08 bits per heavy atom. The minimum atomic E-state index is -1.28. The van der Waals surface area contributed by atoms with E-state index in [1.165, 1.54) is 40.6 Å². The zero-order valence-corrected chi connectivity index (χ0v) is 23.3. The number of oxime groups is 1. The van der Waals surface area contributed by atoms with Crippen molar-refractivity contribution in [3.05, 3.63) is 28.0 Å². The van der Waals surface area contributed by atoms with Crippen molar-refractivity contribution in [2.24, 2.45) is 12.2 Å². The third-order valence-corrected chi connectivity index (χ3v) is 8.75. The molecule has 0 unspecified atom stereocenters. The fourth-order valence-electron chi connectivity index (χ4n) is 3.92. The number of nitrogens with zero attached hydrogens (tertiary/aromatic N) is 5. The number of amides is 2. The van der Waals surface area contributed by atoms with Gasteiger partial charge in [0.15, 0.2) is 27.5 Å². The number of fused-ring (bicyclic) bond motifs is 1. The van der Waals surface area contributed by atoms with Crippen LogP contribution in [0.1, 0.15) is 23.1 Å². The highest BCUT2D eigenvalue weighted by molar-refractivity contribution is 8.01. The molecule has 0 spiro atoms. The minimum Gasteiger partial charge on any atom is -0.477 e. The van der Waals surface area contributed by atoms with E-state index in [0.717, 1.165) is 16.2 Å². The number of carbonyl (C=O) groups is 4. The first-order chi connectivity index (χ1) is 18.6. The monoisotopic (exact) mass is 596 g/mol. The summed E-state index contributed by atoms with van der Waals surface area (Å²) in [6, 6.07) is -0.981. The van der Waals surface area contributed by atoms with E-state index in [2.05, 4.69) is 20.4 Å². The van der Waals surface area contributed by atoms with E-state index in [4.69, 9.17) is 21.0 Å². The average molecular weight is 597 g/mol. The summed E-state index contributed by atoms with van der Waals surface area (Å²) in [5, 5.41) is 17.7. The third kappa shape index (κ3) is 5.39. The molecule has 0 aromatic carbocycles. The van der Waals surface area contributed by atoms with Gasteiger partial charge in [-0.2, -0.15) is 0 Å². The molecule has 0 aliphatic carbocycles. The number of hydrogen-bond donors (Lipinski definition) is 4. The average Bonchev–Trinajstić information content (AvgIpc) is 3.45. The van der Waals surface area contributed by atoms with E-state index in [-0.39, 0.29) is 51.9 Å². The maximum Gasteiger partial charge on any atom is 0.358 e. The van der Waals surface area contributed by atoms with Crippen molar-refractivity contribution in [2.45, 2.75) is 23.5 Å². The van der Waals surface area contributed by atoms with Crippen molar-refractivity contribution in [1.82, 2.24) is 24.8 Å². The standard InChI is InChI=1S/C21H24N8O7S3/c1-4-36-19(34)13-14(22)26-21(28(13)2)39-6-8-5-37-17-11(16(31)29(17)12(8)18(32)33)25-15(30)10(27-35-3)9-7-38-20(23)24-9/h7,11,17H,4-6,22H2,1-3H3,(H2,23,24)(H,25,30)(H,32,33)/b27-10-/t11-,17-/m1/s1. The molecule has 2 aromatic rings. The molecule has 208 valence electrons. The lowest BCUT2D eigenvalue weighted by atomic mass is 10.0. The number of esters is 1. The molecule has 2 aliphatic rings. The lowest BCUT2D eigenvalue weighted by Gasteiger charge is -2.49. The quantitative estimate of drug-likeness (QED) is 0.0941. The first-order valence-corrected chi connectivity index (χ1v) is 14.2. The number of carboxylic acids is 1. The molecule has 4 rings (SSSR count). The van der Waals surface area contributed by atoms with Gasteiger partial charge in [-0.1, -0.05) is 16.9 Å². The molecule has 2 aliphatic heterocycles. The summed E-state index contributed by atoms with van der Waals surface area (Å²) in [6.45, 7) is 1.84. The Morgan fingerprint density at radius 3 is 2.69 bits per heavy atom. The molecular formula is C21H24N8O7S3. The number of nitrogen functional groups attached to an aromatic ring is 2. The molecule has 0 saturated carbocycles. The highest BCUT2D eigenvalue weighted by Crippen LogP contribution is 2.41. The molecule has 0 radical (unpaired) electrons. The molecule has 2 aromatic heterocycles. The van der Waals surface area contributed by atoms with Crippen LogP contribution in [0.2, 0.25) is 0 Å². The smallest absolute Gasteiger partial charge is 0.358 e. The van der Waals surface area contributed by atoms with Gasteiger partial charge in [0.2, 0.25) is 0 Å². The molecule has 18 heteroatoms. The Bertz CT molecular complexity index is 1400. The van der Waals surface area contributed by atoms with Crippen molar-refractivity contribution >= 4 is 75.3 Å². The molecule has 39 heavy (non-hydrogen) atoms. The minimum absolute atomic E-state index is 0.00260. The van der Waals surface area contributed by atoms with Crippen molar-refractivity contribution in [2.75, 3.05) is 36.7 Å². The summed E-state index contributed by atoms with van der Waals surface area (Å²) < 4.78 is 6.49. The van der Waals surface area contributed by atoms with Crippen molar-refractivity contribution < 1.29 is 33.9 Å². The molecule has 1 saturated heterocycles. The summed E-state index contributed by atoms with van der Waals surface area (Å²) in [6.07, 6.45) is 0. The van der Waals surface area contributed by atoms with Gasteiger partial charge >= 0.3 is 11.9 Å². The summed E-state index contributed by atoms with van der Waals surface area (Å²) >= 11 is 3.58. The van der Waals surface area contributed by atoms with Gasteiger partial charge in [0.1, 0.15) is 29.9 Å². The van der Waals surface area contributed by atoms with Crippen molar-refractivity contribution in [1.29, 1.82) is 0 Å². The SMILES string of the molecule is CCOC(=O)c1c(N)nc(SCC2=C(C(=O)O)N3C(=O)[C@@H](NC(=O)/C(=N\OC)c4csc(N)n4)[C@H]3SC2)n1C. The Morgan fingerprint density at radius 1 is 1.33 bits per heavy atom. The van der Waals surface area contributed by atoms with E-state index < -0.39 is 35.2 Å². The molecule has 1 fully saturated rings. The number of hydrogen-bond acceptors (Lipinski definition) is 14. The van der Waals surface area contributed by atoms with Gasteiger partial charge in [-0.3, -0.25) is 14.5 Å². The normalized spacial score (nSPS) is 18.9. The number of thiazole rings is 1. The number of ether oxygens (including phenoxy) is 1. The number of imidazole rings is 1. The number of rotatable bonds is 10. The summed E-state index contributed by atoms with van der Waals surface area (Å²) in [5.41, 5.74) is 12.0. The number of anilines is 2. The van der Waals surface area contributed by atoms with Crippen LogP contribution < -0.4 is 16.8 Å². The van der Waals surface area contributed by atoms with Crippen LogP contribution in [0.3, 0.4) is 0 Å². The van der Waals surface area contributed by atoms with Crippen LogP contribution in [0.4, 0.5) is 10.9 Å².